The van der Waals surface area contributed by atoms with Gasteiger partial charge in [0.15, 0.2) is 0 Å². The van der Waals surface area contributed by atoms with Gasteiger partial charge in [0.05, 0.1) is 10.6 Å². The Morgan fingerprint density at radius 2 is 1.34 bits per heavy atom. The van der Waals surface area contributed by atoms with Crippen LogP contribution < -0.4 is 9.62 Å². The molecule has 0 aromatic heterocycles. The number of amides is 1. The van der Waals surface area contributed by atoms with Crippen molar-refractivity contribution in [3.05, 3.63) is 89.5 Å². The van der Waals surface area contributed by atoms with Crippen molar-refractivity contribution >= 4 is 27.3 Å². The second-order valence-electron chi connectivity index (χ2n) is 6.93. The van der Waals surface area contributed by atoms with Gasteiger partial charge in [-0.15, -0.1) is 0 Å². The van der Waals surface area contributed by atoms with Crippen molar-refractivity contribution in [2.24, 2.45) is 0 Å². The highest BCUT2D eigenvalue weighted by Crippen LogP contribution is 2.27. The minimum atomic E-state index is -3.91. The summed E-state index contributed by atoms with van der Waals surface area (Å²) in [7, 11) is -3.91. The van der Waals surface area contributed by atoms with Crippen molar-refractivity contribution in [1.29, 1.82) is 0 Å². The first-order valence-corrected chi connectivity index (χ1v) is 10.7. The first-order chi connectivity index (χ1) is 13.8. The number of hydrogen-bond donors (Lipinski definition) is 1. The molecule has 0 radical (unpaired) electrons. The van der Waals surface area contributed by atoms with Crippen LogP contribution in [-0.2, 0) is 14.8 Å². The molecule has 3 aromatic carbocycles. The lowest BCUT2D eigenvalue weighted by atomic mass is 10.1. The third-order valence-electron chi connectivity index (χ3n) is 4.75. The average Bonchev–Trinajstić information content (AvgIpc) is 2.70. The molecule has 0 aliphatic carbocycles. The maximum Gasteiger partial charge on any atom is 0.264 e. The molecule has 1 amide bonds. The Labute approximate surface area is 172 Å². The molecule has 0 bridgehead atoms. The number of sulfonamides is 1. The number of anilines is 2. The maximum absolute atomic E-state index is 13.4. The Morgan fingerprint density at radius 3 is 1.97 bits per heavy atom. The summed E-state index contributed by atoms with van der Waals surface area (Å²) in [5.41, 5.74) is 3.80. The van der Waals surface area contributed by atoms with E-state index in [0.717, 1.165) is 16.7 Å². The molecule has 0 unspecified atom stereocenters. The summed E-state index contributed by atoms with van der Waals surface area (Å²) in [4.78, 5) is 13.0. The van der Waals surface area contributed by atoms with Crippen molar-refractivity contribution in [1.82, 2.24) is 0 Å². The van der Waals surface area contributed by atoms with E-state index in [9.17, 15) is 13.2 Å². The van der Waals surface area contributed by atoms with Crippen molar-refractivity contribution in [2.75, 3.05) is 16.2 Å². The lowest BCUT2D eigenvalue weighted by Crippen LogP contribution is -2.38. The molecule has 0 saturated carbocycles. The predicted octanol–water partition coefficient (Wildman–Crippen LogP) is 4.45. The summed E-state index contributed by atoms with van der Waals surface area (Å²) in [6, 6.07) is 21.0. The van der Waals surface area contributed by atoms with E-state index in [1.165, 1.54) is 16.4 Å². The minimum Gasteiger partial charge on any atom is -0.324 e. The molecule has 3 aromatic rings. The topological polar surface area (TPSA) is 66.5 Å². The van der Waals surface area contributed by atoms with Crippen LogP contribution in [0.3, 0.4) is 0 Å². The quantitative estimate of drug-likeness (QED) is 0.655. The van der Waals surface area contributed by atoms with Crippen molar-refractivity contribution in [3.63, 3.8) is 0 Å². The second kappa shape index (κ2) is 8.49. The second-order valence-corrected chi connectivity index (χ2v) is 8.79. The SMILES string of the molecule is Cc1ccccc1N(CC(=O)Nc1c(C)cccc1C)S(=O)(=O)c1ccccc1. The fourth-order valence-electron chi connectivity index (χ4n) is 3.18. The van der Waals surface area contributed by atoms with Crippen LogP contribution in [0.25, 0.3) is 0 Å². The Kier molecular flexibility index (Phi) is 6.03. The number of benzene rings is 3. The number of carbonyl (C=O) groups excluding carboxylic acids is 1. The summed E-state index contributed by atoms with van der Waals surface area (Å²) in [6.45, 7) is 5.31. The molecule has 1 N–H and O–H groups in total. The van der Waals surface area contributed by atoms with Gasteiger partial charge >= 0.3 is 0 Å². The van der Waals surface area contributed by atoms with Crippen LogP contribution in [0.2, 0.25) is 0 Å². The van der Waals surface area contributed by atoms with Gasteiger partial charge < -0.3 is 5.32 Å². The molecule has 0 aliphatic rings. The molecule has 0 saturated heterocycles. The van der Waals surface area contributed by atoms with Crippen LogP contribution in [0.4, 0.5) is 11.4 Å². The van der Waals surface area contributed by atoms with Gasteiger partial charge in [-0.3, -0.25) is 9.10 Å². The van der Waals surface area contributed by atoms with E-state index in [4.69, 9.17) is 0 Å². The van der Waals surface area contributed by atoms with Crippen molar-refractivity contribution < 1.29 is 13.2 Å². The monoisotopic (exact) mass is 408 g/mol. The Balaban J connectivity index is 1.98. The summed E-state index contributed by atoms with van der Waals surface area (Å²) >= 11 is 0. The minimum absolute atomic E-state index is 0.142. The van der Waals surface area contributed by atoms with E-state index in [0.29, 0.717) is 11.4 Å². The van der Waals surface area contributed by atoms with Crippen molar-refractivity contribution in [3.8, 4) is 0 Å². The van der Waals surface area contributed by atoms with E-state index in [1.807, 2.05) is 51.1 Å². The first-order valence-electron chi connectivity index (χ1n) is 9.30. The van der Waals surface area contributed by atoms with E-state index >= 15 is 0 Å². The Morgan fingerprint density at radius 1 is 0.793 bits per heavy atom. The van der Waals surface area contributed by atoms with Gasteiger partial charge in [-0.2, -0.15) is 0 Å². The van der Waals surface area contributed by atoms with Crippen LogP contribution in [0, 0.1) is 20.8 Å². The molecule has 0 heterocycles. The molecule has 3 rings (SSSR count). The number of hydrogen-bond acceptors (Lipinski definition) is 3. The smallest absolute Gasteiger partial charge is 0.264 e. The molecule has 0 aliphatic heterocycles. The maximum atomic E-state index is 13.4. The normalized spacial score (nSPS) is 11.1. The van der Waals surface area contributed by atoms with E-state index < -0.39 is 15.9 Å². The first kappa shape index (κ1) is 20.6. The highest BCUT2D eigenvalue weighted by atomic mass is 32.2. The molecule has 6 heteroatoms. The van der Waals surface area contributed by atoms with Gasteiger partial charge in [-0.1, -0.05) is 54.6 Å². The van der Waals surface area contributed by atoms with Gasteiger partial charge in [-0.25, -0.2) is 8.42 Å². The van der Waals surface area contributed by atoms with E-state index in [-0.39, 0.29) is 11.4 Å². The summed E-state index contributed by atoms with van der Waals surface area (Å²) in [6.07, 6.45) is 0. The molecule has 29 heavy (non-hydrogen) atoms. The number of carbonyl (C=O) groups is 1. The van der Waals surface area contributed by atoms with Gasteiger partial charge in [0.2, 0.25) is 5.91 Å². The highest BCUT2D eigenvalue weighted by Gasteiger charge is 2.28. The zero-order valence-electron chi connectivity index (χ0n) is 16.7. The summed E-state index contributed by atoms with van der Waals surface area (Å²) in [5.74, 6) is -0.398. The fourth-order valence-corrected chi connectivity index (χ4v) is 4.69. The Hall–Kier alpha value is -3.12. The predicted molar refractivity (Wildman–Crippen MR) is 117 cm³/mol. The van der Waals surface area contributed by atoms with Gasteiger partial charge in [0.25, 0.3) is 10.0 Å². The zero-order chi connectivity index (χ0) is 21.0. The highest BCUT2D eigenvalue weighted by molar-refractivity contribution is 7.92. The van der Waals surface area contributed by atoms with Crippen molar-refractivity contribution in [2.45, 2.75) is 25.7 Å². The fraction of sp³-hybridized carbons (Fsp3) is 0.174. The summed E-state index contributed by atoms with van der Waals surface area (Å²) in [5, 5.41) is 2.88. The van der Waals surface area contributed by atoms with E-state index in [2.05, 4.69) is 5.32 Å². The largest absolute Gasteiger partial charge is 0.324 e. The molecule has 150 valence electrons. The van der Waals surface area contributed by atoms with Crippen LogP contribution in [0.15, 0.2) is 77.7 Å². The summed E-state index contributed by atoms with van der Waals surface area (Å²) < 4.78 is 27.9. The molecule has 5 nitrogen and oxygen atoms in total. The Bertz CT molecular complexity index is 1110. The van der Waals surface area contributed by atoms with Gasteiger partial charge in [-0.05, 0) is 55.7 Å². The third-order valence-corrected chi connectivity index (χ3v) is 6.52. The van der Waals surface area contributed by atoms with Gasteiger partial charge in [0, 0.05) is 5.69 Å². The average molecular weight is 409 g/mol. The van der Waals surface area contributed by atoms with Gasteiger partial charge in [0.1, 0.15) is 6.54 Å². The van der Waals surface area contributed by atoms with Crippen LogP contribution in [0.1, 0.15) is 16.7 Å². The van der Waals surface area contributed by atoms with Crippen LogP contribution in [-0.4, -0.2) is 20.9 Å². The molecule has 0 fully saturated rings. The van der Waals surface area contributed by atoms with Crippen LogP contribution in [0.5, 0.6) is 0 Å². The number of nitrogens with one attached hydrogen (secondary N) is 1. The molecule has 0 atom stereocenters. The molecular weight excluding hydrogens is 384 g/mol. The zero-order valence-corrected chi connectivity index (χ0v) is 17.5. The number of nitrogens with zero attached hydrogens (tertiary/aromatic N) is 1. The third kappa shape index (κ3) is 4.49. The van der Waals surface area contributed by atoms with E-state index in [1.54, 1.807) is 30.3 Å². The molecule has 0 spiro atoms. The number of rotatable bonds is 6. The number of aryl methyl sites for hydroxylation is 3. The number of para-hydroxylation sites is 2. The standard InChI is InChI=1S/C23H24N2O3S/c1-17-10-7-8-15-21(17)25(29(27,28)20-13-5-4-6-14-20)16-22(26)24-23-18(2)11-9-12-19(23)3/h4-15H,16H2,1-3H3,(H,24,26). The van der Waals surface area contributed by atoms with Crippen LogP contribution >= 0.6 is 0 Å². The lowest BCUT2D eigenvalue weighted by molar-refractivity contribution is -0.114. The molecular formula is C23H24N2O3S. The lowest BCUT2D eigenvalue weighted by Gasteiger charge is -2.26.